The van der Waals surface area contributed by atoms with E-state index in [-0.39, 0.29) is 5.78 Å². The third-order valence-corrected chi connectivity index (χ3v) is 7.01. The van der Waals surface area contributed by atoms with Crippen molar-refractivity contribution in [2.24, 2.45) is 0 Å². The number of rotatable bonds is 8. The van der Waals surface area contributed by atoms with E-state index in [1.165, 1.54) is 0 Å². The maximum atomic E-state index is 12.8. The first-order valence-corrected chi connectivity index (χ1v) is 12.8. The van der Waals surface area contributed by atoms with E-state index in [2.05, 4.69) is 33.2 Å². The van der Waals surface area contributed by atoms with Crippen LogP contribution in [-0.4, -0.2) is 26.3 Å². The summed E-state index contributed by atoms with van der Waals surface area (Å²) in [6.45, 7) is 5.97. The number of hydrogen-bond donors (Lipinski definition) is 1. The maximum Gasteiger partial charge on any atom is 0.227 e. The molecule has 0 amide bonds. The minimum Gasteiger partial charge on any atom is -0.489 e. The van der Waals surface area contributed by atoms with Gasteiger partial charge in [-0.15, -0.1) is 5.10 Å². The quantitative estimate of drug-likeness (QED) is 0.318. The molecule has 172 valence electrons. The Kier molecular flexibility index (Phi) is 7.46. The number of thioether (sulfide) groups is 1. The second-order valence-electron chi connectivity index (χ2n) is 7.73. The van der Waals surface area contributed by atoms with Gasteiger partial charge in [-0.2, -0.15) is 4.98 Å². The van der Waals surface area contributed by atoms with Gasteiger partial charge in [-0.1, -0.05) is 58.3 Å². The molecule has 0 fully saturated rings. The Morgan fingerprint density at radius 3 is 2.73 bits per heavy atom. The van der Waals surface area contributed by atoms with Gasteiger partial charge in [0.1, 0.15) is 18.4 Å². The molecule has 2 aromatic carbocycles. The number of benzene rings is 2. The minimum absolute atomic E-state index is 0.0301. The molecule has 1 unspecified atom stereocenters. The van der Waals surface area contributed by atoms with Crippen molar-refractivity contribution in [2.75, 3.05) is 11.1 Å². The standard InChI is InChI=1S/C24H24BrClN4O2S/c1-4-11-33-24-28-23-27-14(2)21(15(3)31)22(30(23)29-24)19-12-17(25)7-10-20(19)32-13-16-5-8-18(26)9-6-16/h5-10,12,22H,4,11,13H2,1-3H3,(H,27,28,29). The molecule has 33 heavy (non-hydrogen) atoms. The number of halogens is 2. The van der Waals surface area contributed by atoms with Gasteiger partial charge in [-0.3, -0.25) is 4.79 Å². The van der Waals surface area contributed by atoms with E-state index in [9.17, 15) is 4.79 Å². The molecule has 3 aromatic rings. The smallest absolute Gasteiger partial charge is 0.227 e. The Hall–Kier alpha value is -2.29. The van der Waals surface area contributed by atoms with Gasteiger partial charge in [-0.25, -0.2) is 4.68 Å². The molecule has 1 aromatic heterocycles. The summed E-state index contributed by atoms with van der Waals surface area (Å²) in [6.07, 6.45) is 1.02. The number of hydrogen-bond acceptors (Lipinski definition) is 6. The van der Waals surface area contributed by atoms with Crippen LogP contribution in [0.4, 0.5) is 5.95 Å². The first kappa shape index (κ1) is 23.9. The fourth-order valence-electron chi connectivity index (χ4n) is 3.74. The van der Waals surface area contributed by atoms with Crippen molar-refractivity contribution >= 4 is 51.0 Å². The summed E-state index contributed by atoms with van der Waals surface area (Å²) in [5.74, 6) is 2.19. The largest absolute Gasteiger partial charge is 0.489 e. The van der Waals surface area contributed by atoms with Gasteiger partial charge in [0.15, 0.2) is 5.78 Å². The second-order valence-corrected chi connectivity index (χ2v) is 10.1. The van der Waals surface area contributed by atoms with Gasteiger partial charge in [0, 0.05) is 32.1 Å². The van der Waals surface area contributed by atoms with E-state index < -0.39 is 6.04 Å². The highest BCUT2D eigenvalue weighted by Crippen LogP contribution is 2.41. The molecule has 6 nitrogen and oxygen atoms in total. The molecule has 1 aliphatic heterocycles. The average molecular weight is 548 g/mol. The second kappa shape index (κ2) is 10.3. The van der Waals surface area contributed by atoms with Crippen LogP contribution in [0.3, 0.4) is 0 Å². The summed E-state index contributed by atoms with van der Waals surface area (Å²) in [5, 5.41) is 9.36. The molecule has 0 bridgehead atoms. The van der Waals surface area contributed by atoms with Gasteiger partial charge < -0.3 is 10.1 Å². The lowest BCUT2D eigenvalue weighted by Gasteiger charge is -2.29. The normalized spacial score (nSPS) is 15.2. The van der Waals surface area contributed by atoms with E-state index in [0.29, 0.717) is 34.1 Å². The molecule has 0 radical (unpaired) electrons. The Bertz CT molecular complexity index is 1210. The van der Waals surface area contributed by atoms with Crippen LogP contribution >= 0.6 is 39.3 Å². The number of nitrogens with zero attached hydrogens (tertiary/aromatic N) is 3. The predicted molar refractivity (Wildman–Crippen MR) is 136 cm³/mol. The van der Waals surface area contributed by atoms with Crippen LogP contribution in [0.2, 0.25) is 5.02 Å². The van der Waals surface area contributed by atoms with Crippen molar-refractivity contribution < 1.29 is 9.53 Å². The third-order valence-electron chi connectivity index (χ3n) is 5.22. The molecule has 9 heteroatoms. The lowest BCUT2D eigenvalue weighted by Crippen LogP contribution is -2.28. The Morgan fingerprint density at radius 2 is 2.03 bits per heavy atom. The van der Waals surface area contributed by atoms with E-state index in [1.54, 1.807) is 23.4 Å². The molecule has 1 atom stereocenters. The number of ether oxygens (including phenoxy) is 1. The monoisotopic (exact) mass is 546 g/mol. The van der Waals surface area contributed by atoms with Gasteiger partial charge >= 0.3 is 0 Å². The number of anilines is 1. The van der Waals surface area contributed by atoms with Crippen LogP contribution in [0.1, 0.15) is 44.4 Å². The zero-order chi connectivity index (χ0) is 23.5. The van der Waals surface area contributed by atoms with Crippen molar-refractivity contribution in [1.29, 1.82) is 0 Å². The van der Waals surface area contributed by atoms with E-state index >= 15 is 0 Å². The summed E-state index contributed by atoms with van der Waals surface area (Å²) in [6, 6.07) is 12.9. The van der Waals surface area contributed by atoms with Crippen LogP contribution < -0.4 is 10.1 Å². The van der Waals surface area contributed by atoms with Crippen molar-refractivity contribution in [2.45, 2.75) is 45.0 Å². The summed E-state index contributed by atoms with van der Waals surface area (Å²) >= 11 is 11.2. The molecular formula is C24H24BrClN4O2S. The first-order valence-electron chi connectivity index (χ1n) is 10.6. The molecule has 1 aliphatic rings. The molecule has 1 N–H and O–H groups in total. The number of carbonyl (C=O) groups excluding carboxylic acids is 1. The molecule has 0 saturated carbocycles. The van der Waals surface area contributed by atoms with Crippen LogP contribution in [0.15, 0.2) is 63.4 Å². The lowest BCUT2D eigenvalue weighted by atomic mass is 9.92. The number of nitrogens with one attached hydrogen (secondary N) is 1. The SMILES string of the molecule is CCCSc1nc2n(n1)C(c1cc(Br)ccc1OCc1ccc(Cl)cc1)C(C(C)=O)=C(C)N2. The topological polar surface area (TPSA) is 69.0 Å². The average Bonchev–Trinajstić information content (AvgIpc) is 3.19. The van der Waals surface area contributed by atoms with Crippen molar-refractivity contribution in [3.63, 3.8) is 0 Å². The van der Waals surface area contributed by atoms with Crippen LogP contribution in [0, 0.1) is 0 Å². The molecule has 4 rings (SSSR count). The minimum atomic E-state index is -0.458. The van der Waals surface area contributed by atoms with Gasteiger partial charge in [0.25, 0.3) is 0 Å². The molecule has 0 aliphatic carbocycles. The van der Waals surface area contributed by atoms with Gasteiger partial charge in [0.2, 0.25) is 11.1 Å². The summed E-state index contributed by atoms with van der Waals surface area (Å²) in [4.78, 5) is 17.4. The highest BCUT2D eigenvalue weighted by atomic mass is 79.9. The Morgan fingerprint density at radius 1 is 1.27 bits per heavy atom. The van der Waals surface area contributed by atoms with Gasteiger partial charge in [0.05, 0.1) is 0 Å². The van der Waals surface area contributed by atoms with Gasteiger partial charge in [-0.05, 0) is 56.2 Å². The fourth-order valence-corrected chi connectivity index (χ4v) is 4.92. The van der Waals surface area contributed by atoms with E-state index in [4.69, 9.17) is 21.4 Å². The molecule has 0 saturated heterocycles. The zero-order valence-electron chi connectivity index (χ0n) is 18.6. The summed E-state index contributed by atoms with van der Waals surface area (Å²) in [5.41, 5.74) is 3.23. The van der Waals surface area contributed by atoms with Crippen LogP contribution in [-0.2, 0) is 11.4 Å². The first-order chi connectivity index (χ1) is 15.9. The summed E-state index contributed by atoms with van der Waals surface area (Å²) < 4.78 is 8.91. The highest BCUT2D eigenvalue weighted by molar-refractivity contribution is 9.10. The summed E-state index contributed by atoms with van der Waals surface area (Å²) in [7, 11) is 0. The van der Waals surface area contributed by atoms with Crippen LogP contribution in [0.25, 0.3) is 0 Å². The zero-order valence-corrected chi connectivity index (χ0v) is 21.7. The van der Waals surface area contributed by atoms with Crippen molar-refractivity contribution in [1.82, 2.24) is 14.8 Å². The Balaban J connectivity index is 1.77. The van der Waals surface area contributed by atoms with Crippen molar-refractivity contribution in [3.05, 3.63) is 74.4 Å². The maximum absolute atomic E-state index is 12.8. The predicted octanol–water partition coefficient (Wildman–Crippen LogP) is 6.65. The Labute approximate surface area is 210 Å². The molecule has 0 spiro atoms. The molecule has 2 heterocycles. The number of aromatic nitrogens is 3. The van der Waals surface area contributed by atoms with E-state index in [0.717, 1.165) is 33.5 Å². The van der Waals surface area contributed by atoms with Crippen LogP contribution in [0.5, 0.6) is 5.75 Å². The fraction of sp³-hybridized carbons (Fsp3) is 0.292. The third kappa shape index (κ3) is 5.28. The number of carbonyl (C=O) groups is 1. The number of fused-ring (bicyclic) bond motifs is 1. The highest BCUT2D eigenvalue weighted by Gasteiger charge is 2.34. The lowest BCUT2D eigenvalue weighted by molar-refractivity contribution is -0.114. The molecular weight excluding hydrogens is 524 g/mol. The number of allylic oxidation sites excluding steroid dienone is 2. The number of Topliss-reactive ketones (excluding diaryl/α,β-unsaturated/α-hetero) is 1. The van der Waals surface area contributed by atoms with E-state index in [1.807, 2.05) is 49.4 Å². The number of ketones is 1. The van der Waals surface area contributed by atoms with Crippen molar-refractivity contribution in [3.8, 4) is 5.75 Å².